The Morgan fingerprint density at radius 2 is 2.00 bits per heavy atom. The summed E-state index contributed by atoms with van der Waals surface area (Å²) < 4.78 is 4.03. The predicted octanol–water partition coefficient (Wildman–Crippen LogP) is 2.91. The molecule has 90 valence electrons. The van der Waals surface area contributed by atoms with E-state index in [1.54, 1.807) is 11.5 Å². The van der Waals surface area contributed by atoms with Gasteiger partial charge in [-0.15, -0.1) is 5.10 Å². The van der Waals surface area contributed by atoms with Gasteiger partial charge in [0.2, 0.25) is 0 Å². The number of nitrogens with zero attached hydrogens (tertiary/aromatic N) is 2. The van der Waals surface area contributed by atoms with Gasteiger partial charge in [0, 0.05) is 12.6 Å². The topological polar surface area (TPSA) is 37.8 Å². The molecule has 0 unspecified atom stereocenters. The van der Waals surface area contributed by atoms with E-state index in [0.717, 1.165) is 13.0 Å². The third-order valence-electron chi connectivity index (χ3n) is 3.38. The molecule has 0 radical (unpaired) electrons. The normalized spacial score (nSPS) is 18.6. The van der Waals surface area contributed by atoms with Crippen LogP contribution in [-0.2, 0) is 13.0 Å². The summed E-state index contributed by atoms with van der Waals surface area (Å²) in [5.41, 5.74) is 1.17. The molecule has 0 aliphatic heterocycles. The summed E-state index contributed by atoms with van der Waals surface area (Å²) in [6.07, 6.45) is 9.29. The van der Waals surface area contributed by atoms with E-state index in [4.69, 9.17) is 0 Å². The fraction of sp³-hybridized carbons (Fsp3) is 0.833. The molecule has 0 spiro atoms. The number of hydrogen-bond donors (Lipinski definition) is 1. The van der Waals surface area contributed by atoms with Crippen molar-refractivity contribution in [2.45, 2.75) is 64.5 Å². The summed E-state index contributed by atoms with van der Waals surface area (Å²) >= 11 is 1.54. The van der Waals surface area contributed by atoms with E-state index >= 15 is 0 Å². The van der Waals surface area contributed by atoms with E-state index in [1.165, 1.54) is 49.1 Å². The van der Waals surface area contributed by atoms with Crippen molar-refractivity contribution in [3.05, 3.63) is 10.6 Å². The molecule has 0 saturated heterocycles. The maximum atomic E-state index is 4.15. The van der Waals surface area contributed by atoms with Gasteiger partial charge < -0.3 is 5.32 Å². The first-order chi connectivity index (χ1) is 7.90. The molecule has 1 saturated carbocycles. The summed E-state index contributed by atoms with van der Waals surface area (Å²) in [6.45, 7) is 3.11. The number of hydrogen-bond acceptors (Lipinski definition) is 4. The summed E-state index contributed by atoms with van der Waals surface area (Å²) in [6, 6.07) is 0.717. The zero-order valence-electron chi connectivity index (χ0n) is 10.0. The second kappa shape index (κ2) is 6.30. The van der Waals surface area contributed by atoms with Crippen LogP contribution in [0.4, 0.5) is 0 Å². The molecule has 1 fully saturated rings. The molecule has 0 atom stereocenters. The van der Waals surface area contributed by atoms with Gasteiger partial charge in [-0.25, -0.2) is 0 Å². The minimum atomic E-state index is 0.717. The standard InChI is InChI=1S/C12H21N3S/c1-2-11-12(16-15-14-11)9-13-10-7-5-3-4-6-8-10/h10,13H,2-9H2,1H3. The Bertz CT molecular complexity index is 303. The van der Waals surface area contributed by atoms with Crippen molar-refractivity contribution in [2.75, 3.05) is 0 Å². The van der Waals surface area contributed by atoms with E-state index in [9.17, 15) is 0 Å². The first-order valence-electron chi connectivity index (χ1n) is 6.43. The lowest BCUT2D eigenvalue weighted by Crippen LogP contribution is -2.27. The van der Waals surface area contributed by atoms with E-state index in [-0.39, 0.29) is 0 Å². The Morgan fingerprint density at radius 1 is 1.25 bits per heavy atom. The van der Waals surface area contributed by atoms with Crippen molar-refractivity contribution >= 4 is 11.5 Å². The van der Waals surface area contributed by atoms with Crippen molar-refractivity contribution in [3.8, 4) is 0 Å². The van der Waals surface area contributed by atoms with Crippen LogP contribution in [0.25, 0.3) is 0 Å². The van der Waals surface area contributed by atoms with Gasteiger partial charge in [0.05, 0.1) is 10.6 Å². The molecule has 1 aliphatic rings. The molecule has 1 aliphatic carbocycles. The SMILES string of the molecule is CCc1nnsc1CNC1CCCCCC1. The van der Waals surface area contributed by atoms with E-state index in [0.29, 0.717) is 6.04 Å². The molecule has 1 heterocycles. The third kappa shape index (κ3) is 3.25. The summed E-state index contributed by atoms with van der Waals surface area (Å²) in [7, 11) is 0. The van der Waals surface area contributed by atoms with Gasteiger partial charge in [0.25, 0.3) is 0 Å². The van der Waals surface area contributed by atoms with Gasteiger partial charge in [0.15, 0.2) is 0 Å². The van der Waals surface area contributed by atoms with Gasteiger partial charge in [-0.1, -0.05) is 37.1 Å². The average Bonchev–Trinajstić information content (AvgIpc) is 2.60. The molecule has 4 heteroatoms. The molecule has 1 aromatic rings. The van der Waals surface area contributed by atoms with E-state index in [1.807, 2.05) is 0 Å². The van der Waals surface area contributed by atoms with Crippen molar-refractivity contribution in [1.29, 1.82) is 0 Å². The van der Waals surface area contributed by atoms with Crippen LogP contribution in [0.15, 0.2) is 0 Å². The van der Waals surface area contributed by atoms with Crippen LogP contribution in [0, 0.1) is 0 Å². The van der Waals surface area contributed by atoms with E-state index < -0.39 is 0 Å². The fourth-order valence-corrected chi connectivity index (χ4v) is 3.03. The Labute approximate surface area is 102 Å². The van der Waals surface area contributed by atoms with Crippen LogP contribution in [0.5, 0.6) is 0 Å². The lowest BCUT2D eigenvalue weighted by Gasteiger charge is -2.15. The van der Waals surface area contributed by atoms with Gasteiger partial charge in [-0.05, 0) is 30.8 Å². The highest BCUT2D eigenvalue weighted by Gasteiger charge is 2.13. The lowest BCUT2D eigenvalue weighted by atomic mass is 10.1. The second-order valence-electron chi connectivity index (χ2n) is 4.57. The molecule has 16 heavy (non-hydrogen) atoms. The molecule has 3 nitrogen and oxygen atoms in total. The smallest absolute Gasteiger partial charge is 0.0797 e. The van der Waals surface area contributed by atoms with Crippen LogP contribution in [0.2, 0.25) is 0 Å². The quantitative estimate of drug-likeness (QED) is 0.821. The first kappa shape index (κ1) is 12.0. The maximum absolute atomic E-state index is 4.15. The fourth-order valence-electron chi connectivity index (χ4n) is 2.35. The van der Waals surface area contributed by atoms with Crippen LogP contribution in [-0.4, -0.2) is 15.6 Å². The van der Waals surface area contributed by atoms with Crippen LogP contribution in [0.3, 0.4) is 0 Å². The van der Waals surface area contributed by atoms with Crippen molar-refractivity contribution < 1.29 is 0 Å². The highest BCUT2D eigenvalue weighted by Crippen LogP contribution is 2.18. The van der Waals surface area contributed by atoms with Gasteiger partial charge >= 0.3 is 0 Å². The first-order valence-corrected chi connectivity index (χ1v) is 7.21. The Morgan fingerprint density at radius 3 is 2.69 bits per heavy atom. The average molecular weight is 239 g/mol. The number of nitrogens with one attached hydrogen (secondary N) is 1. The second-order valence-corrected chi connectivity index (χ2v) is 5.40. The van der Waals surface area contributed by atoms with Crippen molar-refractivity contribution in [3.63, 3.8) is 0 Å². The minimum Gasteiger partial charge on any atom is -0.309 e. The van der Waals surface area contributed by atoms with Crippen molar-refractivity contribution in [2.24, 2.45) is 0 Å². The predicted molar refractivity (Wildman–Crippen MR) is 67.6 cm³/mol. The number of aryl methyl sites for hydroxylation is 1. The maximum Gasteiger partial charge on any atom is 0.0797 e. The molecular formula is C12H21N3S. The molecular weight excluding hydrogens is 218 g/mol. The third-order valence-corrected chi connectivity index (χ3v) is 4.14. The Hall–Kier alpha value is -0.480. The van der Waals surface area contributed by atoms with Gasteiger partial charge in [-0.2, -0.15) is 0 Å². The summed E-state index contributed by atoms with van der Waals surface area (Å²) in [5.74, 6) is 0. The Kier molecular flexibility index (Phi) is 4.72. The monoisotopic (exact) mass is 239 g/mol. The molecule has 1 aromatic heterocycles. The molecule has 0 bridgehead atoms. The van der Waals surface area contributed by atoms with Crippen LogP contribution >= 0.6 is 11.5 Å². The molecule has 2 rings (SSSR count). The lowest BCUT2D eigenvalue weighted by molar-refractivity contribution is 0.460. The molecule has 0 amide bonds. The highest BCUT2D eigenvalue weighted by molar-refractivity contribution is 7.05. The molecule has 1 N–H and O–H groups in total. The summed E-state index contributed by atoms with van der Waals surface area (Å²) in [5, 5.41) is 7.81. The largest absolute Gasteiger partial charge is 0.309 e. The minimum absolute atomic E-state index is 0.717. The van der Waals surface area contributed by atoms with E-state index in [2.05, 4.69) is 21.8 Å². The van der Waals surface area contributed by atoms with Gasteiger partial charge in [-0.3, -0.25) is 0 Å². The summed E-state index contributed by atoms with van der Waals surface area (Å²) in [4.78, 5) is 1.33. The zero-order chi connectivity index (χ0) is 11.2. The number of rotatable bonds is 4. The van der Waals surface area contributed by atoms with Gasteiger partial charge in [0.1, 0.15) is 0 Å². The number of aromatic nitrogens is 2. The van der Waals surface area contributed by atoms with Crippen molar-refractivity contribution in [1.82, 2.24) is 14.9 Å². The molecule has 0 aromatic carbocycles. The van der Waals surface area contributed by atoms with Crippen LogP contribution in [0.1, 0.15) is 56.0 Å². The van der Waals surface area contributed by atoms with Crippen LogP contribution < -0.4 is 5.32 Å². The Balaban J connectivity index is 1.81. The highest BCUT2D eigenvalue weighted by atomic mass is 32.1. The zero-order valence-corrected chi connectivity index (χ0v) is 10.9.